The van der Waals surface area contributed by atoms with Crippen molar-refractivity contribution in [2.24, 2.45) is 15.8 Å². The van der Waals surface area contributed by atoms with Crippen molar-refractivity contribution in [1.29, 1.82) is 5.26 Å². The molecule has 1 N–H and O–H groups in total. The van der Waals surface area contributed by atoms with Gasteiger partial charge in [-0.25, -0.2) is 4.39 Å². The van der Waals surface area contributed by atoms with E-state index in [-0.39, 0.29) is 11.0 Å². The molecule has 1 spiro atoms. The highest BCUT2D eigenvalue weighted by molar-refractivity contribution is 7.23. The third kappa shape index (κ3) is 5.88. The minimum absolute atomic E-state index is 0.0719. The van der Waals surface area contributed by atoms with Crippen LogP contribution in [0.4, 0.5) is 15.2 Å². The van der Waals surface area contributed by atoms with Crippen LogP contribution >= 0.6 is 11.3 Å². The molecule has 8 rings (SSSR count). The van der Waals surface area contributed by atoms with Crippen molar-refractivity contribution in [3.8, 4) is 23.3 Å². The van der Waals surface area contributed by atoms with Crippen LogP contribution in [0.2, 0.25) is 0 Å². The van der Waals surface area contributed by atoms with E-state index >= 15 is 0 Å². The maximum Gasteiger partial charge on any atom is 0.318 e. The Labute approximate surface area is 290 Å². The highest BCUT2D eigenvalue weighted by Crippen LogP contribution is 2.56. The predicted molar refractivity (Wildman–Crippen MR) is 192 cm³/mol. The summed E-state index contributed by atoms with van der Waals surface area (Å²) in [7, 11) is 4.27. The highest BCUT2D eigenvalue weighted by atomic mass is 32.1. The largest absolute Gasteiger partial charge is 0.463 e. The molecule has 4 aliphatic rings. The van der Waals surface area contributed by atoms with Crippen molar-refractivity contribution in [2.45, 2.75) is 69.7 Å². The molecular weight excluding hydrogens is 638 g/mol. The molecule has 11 heteroatoms. The van der Waals surface area contributed by atoms with Gasteiger partial charge < -0.3 is 19.7 Å². The summed E-state index contributed by atoms with van der Waals surface area (Å²) < 4.78 is 27.7. The number of halogens is 1. The number of aliphatic imine (C=N–C) groups is 1. The number of likely N-dealkylation sites (N-methyl/N-ethyl adjacent to an activating group) is 1. The van der Waals surface area contributed by atoms with Crippen LogP contribution in [0.25, 0.3) is 32.2 Å². The molecule has 254 valence electrons. The molecule has 0 bridgehead atoms. The lowest BCUT2D eigenvalue weighted by Gasteiger charge is -2.47. The number of pyridine rings is 1. The molecule has 1 aliphatic heterocycles. The van der Waals surface area contributed by atoms with E-state index in [4.69, 9.17) is 24.4 Å². The van der Waals surface area contributed by atoms with E-state index in [1.54, 1.807) is 17.8 Å². The molecule has 4 aromatic rings. The lowest BCUT2D eigenvalue weighted by molar-refractivity contribution is 0.0738. The molecule has 49 heavy (non-hydrogen) atoms. The quantitative estimate of drug-likeness (QED) is 0.125. The molecule has 1 saturated heterocycles. The number of hydrogen-bond acceptors (Lipinski definition) is 10. The molecule has 1 aromatic carbocycles. The number of hydrogen-bond donors (Lipinski definition) is 1. The van der Waals surface area contributed by atoms with Gasteiger partial charge in [-0.05, 0) is 103 Å². The second kappa shape index (κ2) is 12.4. The first kappa shape index (κ1) is 32.2. The number of rotatable bonds is 11. The predicted octanol–water partition coefficient (Wildman–Crippen LogP) is 8.21. The second-order valence-electron chi connectivity index (χ2n) is 14.8. The Morgan fingerprint density at radius 2 is 2.02 bits per heavy atom. The van der Waals surface area contributed by atoms with Crippen LogP contribution in [-0.4, -0.2) is 72.6 Å². The Morgan fingerprint density at radius 3 is 2.71 bits per heavy atom. The normalized spacial score (nSPS) is 21.0. The standard InChI is InChI=1S/C38H42FN7O2S/c1-41-34-26(19-40)31-25(7-8-28(39)32(31)49-34)29-18-30-27(20-42-29)33(43-21-38(46(2)3)10-5-11-38)45-35(44-30)48-22-36(13-14-36)12-9-24-6-4-17-47-23-37(24)15-16-37/h7-9,18,20H,1,4-6,10-17,21-23H2,2-3H3,(H,43,44,45)/b24-9-. The highest BCUT2D eigenvalue weighted by Gasteiger charge is 2.48. The van der Waals surface area contributed by atoms with Crippen LogP contribution in [-0.2, 0) is 4.74 Å². The smallest absolute Gasteiger partial charge is 0.318 e. The van der Waals surface area contributed by atoms with Crippen molar-refractivity contribution in [3.05, 3.63) is 47.4 Å². The van der Waals surface area contributed by atoms with Gasteiger partial charge in [0.25, 0.3) is 0 Å². The minimum Gasteiger partial charge on any atom is -0.463 e. The Kier molecular flexibility index (Phi) is 8.17. The minimum atomic E-state index is -0.407. The van der Waals surface area contributed by atoms with Crippen LogP contribution in [0.1, 0.15) is 69.8 Å². The Hall–Kier alpha value is -3.98. The molecule has 0 amide bonds. The fraction of sp³-hybridized carbons (Fsp3) is 0.500. The van der Waals surface area contributed by atoms with Gasteiger partial charge in [0.15, 0.2) is 0 Å². The van der Waals surface area contributed by atoms with Crippen LogP contribution < -0.4 is 10.1 Å². The lowest BCUT2D eigenvalue weighted by atomic mass is 9.75. The first-order valence-electron chi connectivity index (χ1n) is 17.4. The SMILES string of the molecule is C=Nc1sc2c(F)ccc(-c3cc4nc(OCC5(C/C=C6/CCCOCC67CC7)CC5)nc(NCC5(N(C)C)CCC5)c4cn3)c2c1C#N. The van der Waals surface area contributed by atoms with Crippen LogP contribution in [0.15, 0.2) is 41.0 Å². The number of nitrogens with zero attached hydrogens (tertiary/aromatic N) is 6. The topological polar surface area (TPSA) is 109 Å². The van der Waals surface area contributed by atoms with Crippen molar-refractivity contribution in [3.63, 3.8) is 0 Å². The summed E-state index contributed by atoms with van der Waals surface area (Å²) in [6, 6.07) is 7.49. The van der Waals surface area contributed by atoms with Gasteiger partial charge in [-0.1, -0.05) is 11.6 Å². The van der Waals surface area contributed by atoms with E-state index in [2.05, 4.69) is 48.2 Å². The van der Waals surface area contributed by atoms with Gasteiger partial charge in [0.05, 0.1) is 40.1 Å². The van der Waals surface area contributed by atoms with Crippen molar-refractivity contribution >= 4 is 49.9 Å². The maximum absolute atomic E-state index is 14.9. The number of aromatic nitrogens is 3. The molecule has 3 saturated carbocycles. The van der Waals surface area contributed by atoms with Crippen molar-refractivity contribution in [1.82, 2.24) is 19.9 Å². The molecule has 0 unspecified atom stereocenters. The molecule has 4 fully saturated rings. The van der Waals surface area contributed by atoms with Gasteiger partial charge in [0.1, 0.15) is 22.7 Å². The van der Waals surface area contributed by atoms with Crippen molar-refractivity contribution < 1.29 is 13.9 Å². The van der Waals surface area contributed by atoms with E-state index in [9.17, 15) is 9.65 Å². The Morgan fingerprint density at radius 1 is 1.18 bits per heavy atom. The molecule has 9 nitrogen and oxygen atoms in total. The summed E-state index contributed by atoms with van der Waals surface area (Å²) in [5, 5.41) is 15.3. The van der Waals surface area contributed by atoms with E-state index in [1.165, 1.54) is 25.3 Å². The maximum atomic E-state index is 14.9. The number of anilines is 1. The summed E-state index contributed by atoms with van der Waals surface area (Å²) in [5.74, 6) is 0.277. The summed E-state index contributed by atoms with van der Waals surface area (Å²) in [5.41, 5.74) is 4.24. The van der Waals surface area contributed by atoms with Gasteiger partial charge in [-0.15, -0.1) is 11.3 Å². The molecular formula is C38H42FN7O2S. The average molecular weight is 680 g/mol. The third-order valence-electron chi connectivity index (χ3n) is 11.6. The van der Waals surface area contributed by atoms with E-state index in [0.717, 1.165) is 81.4 Å². The average Bonchev–Trinajstić information content (AvgIpc) is 4.02. The number of thiophene rings is 1. The van der Waals surface area contributed by atoms with Gasteiger partial charge >= 0.3 is 6.01 Å². The monoisotopic (exact) mass is 679 g/mol. The lowest BCUT2D eigenvalue weighted by Crippen LogP contribution is -2.54. The zero-order valence-electron chi connectivity index (χ0n) is 28.3. The number of ether oxygens (including phenoxy) is 2. The van der Waals surface area contributed by atoms with Crippen LogP contribution in [0, 0.1) is 28.0 Å². The van der Waals surface area contributed by atoms with Gasteiger partial charge in [-0.3, -0.25) is 9.98 Å². The first-order chi connectivity index (χ1) is 23.8. The Balaban J connectivity index is 1.12. The number of allylic oxidation sites excluding steroid dienone is 1. The number of benzene rings is 1. The van der Waals surface area contributed by atoms with Crippen LogP contribution in [0.3, 0.4) is 0 Å². The summed E-state index contributed by atoms with van der Waals surface area (Å²) >= 11 is 1.12. The van der Waals surface area contributed by atoms with E-state index in [0.29, 0.717) is 61.3 Å². The fourth-order valence-corrected chi connectivity index (χ4v) is 8.61. The molecule has 3 aliphatic carbocycles. The first-order valence-corrected chi connectivity index (χ1v) is 18.2. The van der Waals surface area contributed by atoms with Crippen molar-refractivity contribution in [2.75, 3.05) is 45.8 Å². The summed E-state index contributed by atoms with van der Waals surface area (Å²) in [4.78, 5) is 20.9. The zero-order valence-corrected chi connectivity index (χ0v) is 29.1. The third-order valence-corrected chi connectivity index (χ3v) is 12.7. The zero-order chi connectivity index (χ0) is 33.8. The van der Waals surface area contributed by atoms with Crippen LogP contribution in [0.5, 0.6) is 6.01 Å². The van der Waals surface area contributed by atoms with E-state index < -0.39 is 5.82 Å². The van der Waals surface area contributed by atoms with Gasteiger partial charge in [-0.2, -0.15) is 15.2 Å². The number of nitriles is 1. The summed E-state index contributed by atoms with van der Waals surface area (Å²) in [6.07, 6.45) is 15.7. The fourth-order valence-electron chi connectivity index (χ4n) is 7.62. The molecule has 3 aromatic heterocycles. The van der Waals surface area contributed by atoms with Gasteiger partial charge in [0, 0.05) is 46.7 Å². The van der Waals surface area contributed by atoms with Gasteiger partial charge in [0.2, 0.25) is 0 Å². The number of fused-ring (bicyclic) bond motifs is 2. The molecule has 4 heterocycles. The Bertz CT molecular complexity index is 2020. The molecule has 0 radical (unpaired) electrons. The summed E-state index contributed by atoms with van der Waals surface area (Å²) in [6.45, 7) is 6.62. The van der Waals surface area contributed by atoms with E-state index in [1.807, 2.05) is 6.07 Å². The molecule has 0 atom stereocenters. The second-order valence-corrected chi connectivity index (χ2v) is 15.8. The number of nitrogens with one attached hydrogen (secondary N) is 1.